The molecule has 2 heterocycles. The third-order valence-corrected chi connectivity index (χ3v) is 11.0. The van der Waals surface area contributed by atoms with Gasteiger partial charge in [-0.1, -0.05) is 92.0 Å². The Morgan fingerprint density at radius 3 is 2.12 bits per heavy atom. The molecule has 2 aliphatic rings. The quantitative estimate of drug-likeness (QED) is 0.0924. The van der Waals surface area contributed by atoms with Gasteiger partial charge in [0, 0.05) is 26.2 Å². The van der Waals surface area contributed by atoms with Crippen LogP contribution in [0, 0.1) is 18.8 Å². The molecule has 7 nitrogen and oxygen atoms in total. The van der Waals surface area contributed by atoms with Crippen molar-refractivity contribution in [1.29, 1.82) is 0 Å². The van der Waals surface area contributed by atoms with Gasteiger partial charge in [-0.2, -0.15) is 0 Å². The summed E-state index contributed by atoms with van der Waals surface area (Å²) < 4.78 is 5.65. The van der Waals surface area contributed by atoms with Gasteiger partial charge in [-0.3, -0.25) is 19.3 Å². The summed E-state index contributed by atoms with van der Waals surface area (Å²) in [6.07, 6.45) is 0.229. The summed E-state index contributed by atoms with van der Waals surface area (Å²) in [5.74, 6) is -1.92. The number of rotatable bonds is 6. The average molecular weight is 704 g/mol. The molecule has 0 spiro atoms. The second kappa shape index (κ2) is 11.8. The molecule has 5 atom stereocenters. The van der Waals surface area contributed by atoms with E-state index in [-0.39, 0.29) is 44.7 Å². The minimum atomic E-state index is -0.983. The van der Waals surface area contributed by atoms with Crippen molar-refractivity contribution >= 4 is 72.0 Å². The van der Waals surface area contributed by atoms with Crippen molar-refractivity contribution in [1.82, 2.24) is 4.98 Å². The molecule has 5 unspecified atom stereocenters. The molecule has 1 saturated heterocycles. The van der Waals surface area contributed by atoms with Crippen LogP contribution in [0.4, 0.5) is 5.69 Å². The Morgan fingerprint density at radius 2 is 1.49 bits per heavy atom. The Hall–Kier alpha value is -3.69. The van der Waals surface area contributed by atoms with Crippen LogP contribution in [-0.2, 0) is 14.3 Å². The molecule has 6 rings (SSSR count). The molecule has 1 aliphatic heterocycles. The van der Waals surface area contributed by atoms with E-state index >= 15 is 0 Å². The third kappa shape index (κ3) is 5.56. The van der Waals surface area contributed by atoms with Gasteiger partial charge >= 0.3 is 5.97 Å². The first kappa shape index (κ1) is 29.4. The number of alkyl halides is 2. The molecule has 4 aromatic rings. The van der Waals surface area contributed by atoms with Crippen LogP contribution in [0.25, 0.3) is 22.2 Å². The number of hydrogen-bond acceptors (Lipinski definition) is 6. The lowest BCUT2D eigenvalue weighted by Gasteiger charge is -2.29. The summed E-state index contributed by atoms with van der Waals surface area (Å²) >= 11 is 7.26. The smallest absolute Gasteiger partial charge is 0.339 e. The standard InChI is InChI=1S/C34H28Br2N2O5/c1-18-7-9-21(10-8-18)31(39)19(2)43-34(42)26-17-30(37-29-6-4-3-5-23(26)29)20-11-13-22(14-12-20)38-32(40)24-15-27(35)28(36)16-25(24)33(38)41/h3-14,17,19,24-25,27-28H,15-16H2,1-2H3. The largest absolute Gasteiger partial charge is 0.451 e. The van der Waals surface area contributed by atoms with Gasteiger partial charge in [-0.25, -0.2) is 9.78 Å². The van der Waals surface area contributed by atoms with E-state index in [1.807, 2.05) is 37.3 Å². The van der Waals surface area contributed by atoms with Crippen LogP contribution < -0.4 is 4.90 Å². The highest BCUT2D eigenvalue weighted by Gasteiger charge is 2.52. The van der Waals surface area contributed by atoms with Gasteiger partial charge < -0.3 is 4.74 Å². The number of para-hydroxylation sites is 1. The second-order valence-corrected chi connectivity index (χ2v) is 13.5. The number of halogens is 2. The maximum atomic E-state index is 13.4. The number of hydrogen-bond donors (Lipinski definition) is 0. The molecule has 0 radical (unpaired) electrons. The Kier molecular flexibility index (Phi) is 8.04. The van der Waals surface area contributed by atoms with Crippen LogP contribution in [0.15, 0.2) is 78.9 Å². The predicted octanol–water partition coefficient (Wildman–Crippen LogP) is 7.06. The fraction of sp³-hybridized carbons (Fsp3) is 0.265. The first-order chi connectivity index (χ1) is 20.6. The predicted molar refractivity (Wildman–Crippen MR) is 172 cm³/mol. The van der Waals surface area contributed by atoms with Crippen LogP contribution in [0.3, 0.4) is 0 Å². The number of nitrogens with zero attached hydrogens (tertiary/aromatic N) is 2. The van der Waals surface area contributed by atoms with Gasteiger partial charge in [0.15, 0.2) is 6.10 Å². The lowest BCUT2D eigenvalue weighted by atomic mass is 9.81. The summed E-state index contributed by atoms with van der Waals surface area (Å²) in [7, 11) is 0. The molecule has 1 saturated carbocycles. The summed E-state index contributed by atoms with van der Waals surface area (Å²) in [5, 5.41) is 0.605. The lowest BCUT2D eigenvalue weighted by Crippen LogP contribution is -2.34. The SMILES string of the molecule is Cc1ccc(C(=O)C(C)OC(=O)c2cc(-c3ccc(N4C(=O)C5CC(Br)C(Br)CC5C4=O)cc3)nc3ccccc23)cc1. The number of carbonyl (C=O) groups excluding carboxylic acids is 4. The first-order valence-electron chi connectivity index (χ1n) is 14.1. The van der Waals surface area contributed by atoms with Gasteiger partial charge in [0.05, 0.1) is 34.3 Å². The van der Waals surface area contributed by atoms with E-state index in [1.165, 1.54) is 4.90 Å². The lowest BCUT2D eigenvalue weighted by molar-refractivity contribution is -0.122. The molecule has 1 aliphatic carbocycles. The summed E-state index contributed by atoms with van der Waals surface area (Å²) in [4.78, 5) is 59.2. The number of ketones is 1. The topological polar surface area (TPSA) is 93.6 Å². The van der Waals surface area contributed by atoms with Gasteiger partial charge in [0.25, 0.3) is 0 Å². The maximum absolute atomic E-state index is 13.4. The van der Waals surface area contributed by atoms with E-state index < -0.39 is 12.1 Å². The highest BCUT2D eigenvalue weighted by molar-refractivity contribution is 9.12. The third-order valence-electron chi connectivity index (χ3n) is 8.26. The Labute approximate surface area is 265 Å². The highest BCUT2D eigenvalue weighted by Crippen LogP contribution is 2.44. The van der Waals surface area contributed by atoms with Crippen molar-refractivity contribution in [3.63, 3.8) is 0 Å². The Balaban J connectivity index is 1.27. The van der Waals surface area contributed by atoms with Crippen LogP contribution >= 0.6 is 31.9 Å². The van der Waals surface area contributed by atoms with E-state index in [2.05, 4.69) is 31.9 Å². The number of ether oxygens (including phenoxy) is 1. The van der Waals surface area contributed by atoms with E-state index in [9.17, 15) is 19.2 Å². The Morgan fingerprint density at radius 1 is 0.884 bits per heavy atom. The number of Topliss-reactive ketones (excluding diaryl/α,β-unsaturated/α-hetero) is 1. The normalized spacial score (nSPS) is 22.4. The molecular weight excluding hydrogens is 676 g/mol. The van der Waals surface area contributed by atoms with E-state index in [4.69, 9.17) is 9.72 Å². The molecule has 0 N–H and O–H groups in total. The number of fused-ring (bicyclic) bond motifs is 2. The summed E-state index contributed by atoms with van der Waals surface area (Å²) in [6.45, 7) is 3.50. The van der Waals surface area contributed by atoms with Gasteiger partial charge in [0.1, 0.15) is 0 Å². The van der Waals surface area contributed by atoms with Crippen LogP contribution in [0.1, 0.15) is 46.0 Å². The number of carbonyl (C=O) groups is 4. The zero-order valence-corrected chi connectivity index (χ0v) is 26.7. The number of imide groups is 1. The number of aryl methyl sites for hydroxylation is 1. The van der Waals surface area contributed by atoms with E-state index in [1.54, 1.807) is 55.5 Å². The van der Waals surface area contributed by atoms with Gasteiger partial charge in [-0.05, 0) is 51.0 Å². The number of anilines is 1. The zero-order chi connectivity index (χ0) is 30.4. The van der Waals surface area contributed by atoms with Crippen molar-refractivity contribution in [3.8, 4) is 11.3 Å². The van der Waals surface area contributed by atoms with Crippen LogP contribution in [-0.4, -0.2) is 44.3 Å². The molecule has 218 valence electrons. The molecule has 3 aromatic carbocycles. The Bertz CT molecular complexity index is 1730. The fourth-order valence-electron chi connectivity index (χ4n) is 5.85. The van der Waals surface area contributed by atoms with Gasteiger partial charge in [-0.15, -0.1) is 0 Å². The number of aromatic nitrogens is 1. The van der Waals surface area contributed by atoms with Crippen molar-refractivity contribution in [2.75, 3.05) is 4.90 Å². The summed E-state index contributed by atoms with van der Waals surface area (Å²) in [6, 6.07) is 23.1. The van der Waals surface area contributed by atoms with Crippen molar-refractivity contribution in [3.05, 3.63) is 95.6 Å². The number of esters is 1. The van der Waals surface area contributed by atoms with Crippen LogP contribution in [0.2, 0.25) is 0 Å². The maximum Gasteiger partial charge on any atom is 0.339 e. The number of pyridine rings is 1. The monoisotopic (exact) mass is 702 g/mol. The fourth-order valence-corrected chi connectivity index (χ4v) is 7.09. The minimum absolute atomic E-state index is 0.136. The molecule has 2 fully saturated rings. The molecule has 9 heteroatoms. The van der Waals surface area contributed by atoms with Crippen molar-refractivity contribution in [2.45, 2.75) is 42.4 Å². The molecule has 1 aromatic heterocycles. The highest BCUT2D eigenvalue weighted by atomic mass is 79.9. The molecule has 0 bridgehead atoms. The van der Waals surface area contributed by atoms with E-state index in [0.29, 0.717) is 46.3 Å². The molecule has 2 amide bonds. The van der Waals surface area contributed by atoms with Crippen molar-refractivity contribution < 1.29 is 23.9 Å². The number of benzene rings is 3. The first-order valence-corrected chi connectivity index (χ1v) is 15.9. The second-order valence-electron chi connectivity index (χ2n) is 11.1. The van der Waals surface area contributed by atoms with Crippen molar-refractivity contribution in [2.24, 2.45) is 11.8 Å². The molecule has 43 heavy (non-hydrogen) atoms. The van der Waals surface area contributed by atoms with E-state index in [0.717, 1.165) is 5.56 Å². The molecular formula is C34H28Br2N2O5. The van der Waals surface area contributed by atoms with Crippen LogP contribution in [0.5, 0.6) is 0 Å². The average Bonchev–Trinajstić information content (AvgIpc) is 3.24. The number of amides is 2. The van der Waals surface area contributed by atoms with Gasteiger partial charge in [0.2, 0.25) is 17.6 Å². The summed E-state index contributed by atoms with van der Waals surface area (Å²) in [5.41, 5.74) is 4.11. The minimum Gasteiger partial charge on any atom is -0.451 e. The zero-order valence-electron chi connectivity index (χ0n) is 23.5.